The Bertz CT molecular complexity index is 1430. The third kappa shape index (κ3) is 5.06. The topological polar surface area (TPSA) is 104 Å². The summed E-state index contributed by atoms with van der Waals surface area (Å²) < 4.78 is 0.808. The first-order valence-corrected chi connectivity index (χ1v) is 12.6. The number of halogens is 1. The highest BCUT2D eigenvalue weighted by Gasteiger charge is 2.26. The van der Waals surface area contributed by atoms with Crippen LogP contribution < -0.4 is 5.32 Å². The van der Waals surface area contributed by atoms with E-state index in [-0.39, 0.29) is 24.2 Å². The Morgan fingerprint density at radius 2 is 2.06 bits per heavy atom. The third-order valence-electron chi connectivity index (χ3n) is 6.28. The number of hydrogen-bond donors (Lipinski definition) is 2. The normalized spacial score (nSPS) is 15.6. The third-order valence-corrected chi connectivity index (χ3v) is 6.86. The van der Waals surface area contributed by atoms with Gasteiger partial charge in [-0.3, -0.25) is 14.6 Å². The fourth-order valence-corrected chi connectivity index (χ4v) is 4.85. The molecule has 8 nitrogen and oxygen atoms in total. The number of likely N-dealkylation sites (tertiary alicyclic amines) is 1. The zero-order valence-electron chi connectivity index (χ0n) is 19.6. The van der Waals surface area contributed by atoms with Gasteiger partial charge in [0, 0.05) is 60.6 Å². The van der Waals surface area contributed by atoms with Gasteiger partial charge in [0.15, 0.2) is 5.78 Å². The number of piperidine rings is 1. The van der Waals surface area contributed by atoms with E-state index in [0.717, 1.165) is 45.0 Å². The van der Waals surface area contributed by atoms with Crippen LogP contribution in [0.3, 0.4) is 0 Å². The number of aromatic amines is 1. The van der Waals surface area contributed by atoms with Crippen molar-refractivity contribution < 1.29 is 9.59 Å². The summed E-state index contributed by atoms with van der Waals surface area (Å²) in [5, 5.41) is 4.51. The lowest BCUT2D eigenvalue weighted by Crippen LogP contribution is -2.45. The maximum atomic E-state index is 13.1. The predicted octanol–water partition coefficient (Wildman–Crippen LogP) is 4.80. The number of nitrogens with zero attached hydrogens (tertiary/aromatic N) is 4. The maximum absolute atomic E-state index is 13.1. The number of para-hydroxylation sites is 1. The lowest BCUT2D eigenvalue weighted by molar-refractivity contribution is -0.114. The van der Waals surface area contributed by atoms with Gasteiger partial charge >= 0.3 is 0 Å². The quantitative estimate of drug-likeness (QED) is 0.324. The van der Waals surface area contributed by atoms with E-state index in [9.17, 15) is 9.59 Å². The highest BCUT2D eigenvalue weighted by Crippen LogP contribution is 2.32. The molecule has 0 radical (unpaired) electrons. The van der Waals surface area contributed by atoms with Crippen LogP contribution >= 0.6 is 15.9 Å². The molecule has 0 saturated carbocycles. The smallest absolute Gasteiger partial charge is 0.272 e. The molecule has 4 aromatic rings. The van der Waals surface area contributed by atoms with E-state index in [4.69, 9.17) is 4.98 Å². The van der Waals surface area contributed by atoms with Gasteiger partial charge in [0.1, 0.15) is 5.69 Å². The molecule has 182 valence electrons. The highest BCUT2D eigenvalue weighted by atomic mass is 79.9. The minimum absolute atomic E-state index is 0.0178. The fraction of sp³-hybridized carbons (Fsp3) is 0.222. The van der Waals surface area contributed by atoms with Gasteiger partial charge in [0.2, 0.25) is 5.95 Å². The largest absolute Gasteiger partial charge is 0.360 e. The van der Waals surface area contributed by atoms with Gasteiger partial charge in [-0.2, -0.15) is 0 Å². The molecule has 1 amide bonds. The molecule has 36 heavy (non-hydrogen) atoms. The lowest BCUT2D eigenvalue weighted by atomic mass is 10.0. The Kier molecular flexibility index (Phi) is 6.90. The standard InChI is InChI=1S/C27H25BrN6O2/c1-2-19(35)12-17-9-10-24(29-13-17)26(36)34-11-5-6-18(16-34)32-27-31-15-22(28)25(33-27)21-14-30-23-8-4-3-7-20(21)23/h2-4,7-10,13-15,18,30H,1,5-6,11-12,16H2,(H,31,32,33)/t18-/m1/s1. The molecule has 4 heterocycles. The van der Waals surface area contributed by atoms with E-state index in [1.165, 1.54) is 6.08 Å². The zero-order chi connectivity index (χ0) is 25.1. The number of carbonyl (C=O) groups is 2. The second-order valence-electron chi connectivity index (χ2n) is 8.77. The molecule has 0 spiro atoms. The number of fused-ring (bicyclic) bond motifs is 1. The number of hydrogen-bond acceptors (Lipinski definition) is 6. The molecule has 9 heteroatoms. The van der Waals surface area contributed by atoms with Crippen LogP contribution in [0.1, 0.15) is 28.9 Å². The number of carbonyl (C=O) groups excluding carboxylic acids is 2. The summed E-state index contributed by atoms with van der Waals surface area (Å²) in [7, 11) is 0. The first-order valence-electron chi connectivity index (χ1n) is 11.8. The van der Waals surface area contributed by atoms with E-state index in [2.05, 4.69) is 48.8 Å². The van der Waals surface area contributed by atoms with Crippen LogP contribution in [0.4, 0.5) is 5.95 Å². The van der Waals surface area contributed by atoms with E-state index in [1.54, 1.807) is 29.4 Å². The fourth-order valence-electron chi connectivity index (χ4n) is 4.45. The molecule has 3 aromatic heterocycles. The molecule has 1 aliphatic heterocycles. The first-order chi connectivity index (χ1) is 17.5. The van der Waals surface area contributed by atoms with Crippen LogP contribution in [-0.4, -0.2) is 55.7 Å². The molecule has 5 rings (SSSR count). The molecule has 1 fully saturated rings. The van der Waals surface area contributed by atoms with Crippen LogP contribution in [0.2, 0.25) is 0 Å². The van der Waals surface area contributed by atoms with E-state index in [0.29, 0.717) is 24.7 Å². The number of benzene rings is 1. The second-order valence-corrected chi connectivity index (χ2v) is 9.63. The zero-order valence-corrected chi connectivity index (χ0v) is 21.2. The highest BCUT2D eigenvalue weighted by molar-refractivity contribution is 9.10. The van der Waals surface area contributed by atoms with Crippen LogP contribution in [0.15, 0.2) is 72.1 Å². The van der Waals surface area contributed by atoms with Gasteiger partial charge in [-0.05, 0) is 52.5 Å². The number of rotatable bonds is 7. The van der Waals surface area contributed by atoms with Crippen LogP contribution in [0.25, 0.3) is 22.2 Å². The van der Waals surface area contributed by atoms with Crippen molar-refractivity contribution in [2.75, 3.05) is 18.4 Å². The average molecular weight is 545 g/mol. The number of pyridine rings is 1. The summed E-state index contributed by atoms with van der Waals surface area (Å²) in [5.41, 5.74) is 3.96. The van der Waals surface area contributed by atoms with E-state index in [1.807, 2.05) is 24.4 Å². The molecule has 0 bridgehead atoms. The Morgan fingerprint density at radius 3 is 2.86 bits per heavy atom. The monoisotopic (exact) mass is 544 g/mol. The summed E-state index contributed by atoms with van der Waals surface area (Å²) in [6, 6.07) is 11.6. The van der Waals surface area contributed by atoms with Crippen molar-refractivity contribution in [1.82, 2.24) is 24.8 Å². The maximum Gasteiger partial charge on any atom is 0.272 e. The van der Waals surface area contributed by atoms with E-state index >= 15 is 0 Å². The van der Waals surface area contributed by atoms with Crippen molar-refractivity contribution >= 4 is 44.5 Å². The number of H-pyrrole nitrogens is 1. The second kappa shape index (κ2) is 10.4. The molecule has 0 unspecified atom stereocenters. The summed E-state index contributed by atoms with van der Waals surface area (Å²) in [5.74, 6) is 0.315. The summed E-state index contributed by atoms with van der Waals surface area (Å²) in [4.78, 5) is 43.3. The molecule has 0 aliphatic carbocycles. The molecule has 1 aromatic carbocycles. The van der Waals surface area contributed by atoms with Crippen molar-refractivity contribution in [3.63, 3.8) is 0 Å². The van der Waals surface area contributed by atoms with Gasteiger partial charge in [0.25, 0.3) is 5.91 Å². The summed E-state index contributed by atoms with van der Waals surface area (Å²) in [6.07, 6.45) is 8.57. The number of ketones is 1. The van der Waals surface area contributed by atoms with Crippen LogP contribution in [-0.2, 0) is 11.2 Å². The number of aromatic nitrogens is 4. The Hall–Kier alpha value is -3.85. The molecular formula is C27H25BrN6O2. The number of amides is 1. The van der Waals surface area contributed by atoms with Crippen LogP contribution in [0, 0.1) is 0 Å². The van der Waals surface area contributed by atoms with Crippen molar-refractivity contribution in [2.45, 2.75) is 25.3 Å². The predicted molar refractivity (Wildman–Crippen MR) is 143 cm³/mol. The first kappa shape index (κ1) is 23.9. The summed E-state index contributed by atoms with van der Waals surface area (Å²) in [6.45, 7) is 4.68. The number of anilines is 1. The molecule has 1 atom stereocenters. The number of allylic oxidation sites excluding steroid dienone is 1. The van der Waals surface area contributed by atoms with Gasteiger partial charge in [-0.25, -0.2) is 9.97 Å². The lowest BCUT2D eigenvalue weighted by Gasteiger charge is -2.33. The minimum atomic E-state index is -0.126. The Balaban J connectivity index is 1.28. The van der Waals surface area contributed by atoms with Crippen molar-refractivity contribution in [3.8, 4) is 11.3 Å². The van der Waals surface area contributed by atoms with Gasteiger partial charge in [-0.15, -0.1) is 0 Å². The summed E-state index contributed by atoms with van der Waals surface area (Å²) >= 11 is 3.59. The van der Waals surface area contributed by atoms with Gasteiger partial charge in [0.05, 0.1) is 10.2 Å². The Morgan fingerprint density at radius 1 is 1.19 bits per heavy atom. The van der Waals surface area contributed by atoms with Crippen molar-refractivity contribution in [2.24, 2.45) is 0 Å². The number of nitrogens with one attached hydrogen (secondary N) is 2. The van der Waals surface area contributed by atoms with Gasteiger partial charge < -0.3 is 15.2 Å². The minimum Gasteiger partial charge on any atom is -0.360 e. The average Bonchev–Trinajstić information content (AvgIpc) is 3.34. The van der Waals surface area contributed by atoms with Crippen LogP contribution in [0.5, 0.6) is 0 Å². The Labute approximate surface area is 217 Å². The van der Waals surface area contributed by atoms with Crippen molar-refractivity contribution in [3.05, 3.63) is 83.4 Å². The molecular weight excluding hydrogens is 520 g/mol. The van der Waals surface area contributed by atoms with Crippen molar-refractivity contribution in [1.29, 1.82) is 0 Å². The SMILES string of the molecule is C=CC(=O)Cc1ccc(C(=O)N2CCC[C@@H](Nc3ncc(Br)c(-c4c[nH]c5ccccc45)n3)C2)nc1. The molecule has 1 saturated heterocycles. The van der Waals surface area contributed by atoms with E-state index < -0.39 is 0 Å². The molecule has 2 N–H and O–H groups in total. The molecule has 1 aliphatic rings. The van der Waals surface area contributed by atoms with Gasteiger partial charge in [-0.1, -0.05) is 30.8 Å².